The van der Waals surface area contributed by atoms with Crippen LogP contribution in [0.25, 0.3) is 0 Å². The lowest BCUT2D eigenvalue weighted by Crippen LogP contribution is -2.49. The lowest BCUT2D eigenvalue weighted by molar-refractivity contribution is -0.145. The fourth-order valence-corrected chi connectivity index (χ4v) is 2.37. The molecule has 1 aliphatic heterocycles. The molecule has 20 heavy (non-hydrogen) atoms. The highest BCUT2D eigenvalue weighted by Gasteiger charge is 2.27. The molecule has 5 nitrogen and oxygen atoms in total. The second-order valence-corrected chi connectivity index (χ2v) is 4.92. The van der Waals surface area contributed by atoms with Crippen LogP contribution >= 0.6 is 0 Å². The summed E-state index contributed by atoms with van der Waals surface area (Å²) in [5, 5.41) is 5.90. The number of carbonyl (C=O) groups excluding carboxylic acids is 2. The van der Waals surface area contributed by atoms with E-state index in [2.05, 4.69) is 10.6 Å². The van der Waals surface area contributed by atoms with Crippen LogP contribution in [-0.4, -0.2) is 37.6 Å². The average molecular weight is 276 g/mol. The quantitative estimate of drug-likeness (QED) is 0.775. The third-order valence-electron chi connectivity index (χ3n) is 3.46. The van der Waals surface area contributed by atoms with Crippen LogP contribution in [0.15, 0.2) is 30.3 Å². The van der Waals surface area contributed by atoms with Gasteiger partial charge in [-0.2, -0.15) is 0 Å². The summed E-state index contributed by atoms with van der Waals surface area (Å²) in [6.45, 7) is 0.847. The van der Waals surface area contributed by atoms with Crippen molar-refractivity contribution >= 4 is 11.9 Å². The van der Waals surface area contributed by atoms with E-state index in [4.69, 9.17) is 4.74 Å². The molecule has 0 spiro atoms. The first-order valence-corrected chi connectivity index (χ1v) is 6.86. The van der Waals surface area contributed by atoms with Gasteiger partial charge >= 0.3 is 5.97 Å². The molecule has 0 saturated carbocycles. The third kappa shape index (κ3) is 3.81. The predicted octanol–water partition coefficient (Wildman–Crippen LogP) is 0.639. The third-order valence-corrected chi connectivity index (χ3v) is 3.46. The summed E-state index contributed by atoms with van der Waals surface area (Å²) < 4.78 is 4.77. The smallest absolute Gasteiger partial charge is 0.328 e. The number of carbonyl (C=O) groups is 2. The molecule has 0 unspecified atom stereocenters. The van der Waals surface area contributed by atoms with E-state index in [1.54, 1.807) is 0 Å². The van der Waals surface area contributed by atoms with Crippen molar-refractivity contribution in [1.29, 1.82) is 0 Å². The Labute approximate surface area is 118 Å². The summed E-state index contributed by atoms with van der Waals surface area (Å²) >= 11 is 0. The average Bonchev–Trinajstić information content (AvgIpc) is 3.01. The maximum atomic E-state index is 12.1. The van der Waals surface area contributed by atoms with Gasteiger partial charge in [-0.25, -0.2) is 4.79 Å². The first kappa shape index (κ1) is 14.5. The Balaban J connectivity index is 2.00. The Kier molecular flexibility index (Phi) is 5.12. The highest BCUT2D eigenvalue weighted by atomic mass is 16.5. The number of rotatable bonds is 5. The number of ether oxygens (including phenoxy) is 1. The van der Waals surface area contributed by atoms with E-state index >= 15 is 0 Å². The van der Waals surface area contributed by atoms with Gasteiger partial charge in [0.1, 0.15) is 6.04 Å². The van der Waals surface area contributed by atoms with Crippen molar-refractivity contribution in [3.63, 3.8) is 0 Å². The molecule has 1 heterocycles. The summed E-state index contributed by atoms with van der Waals surface area (Å²) in [4.78, 5) is 23.9. The molecule has 0 aliphatic carbocycles. The molecule has 0 radical (unpaired) electrons. The normalized spacial score (nSPS) is 19.4. The van der Waals surface area contributed by atoms with Crippen LogP contribution in [0.5, 0.6) is 0 Å². The molecule has 1 saturated heterocycles. The Bertz CT molecular complexity index is 455. The van der Waals surface area contributed by atoms with Gasteiger partial charge in [-0.15, -0.1) is 0 Å². The molecule has 1 aromatic carbocycles. The number of methoxy groups -OCH3 is 1. The van der Waals surface area contributed by atoms with Crippen LogP contribution in [0.4, 0.5) is 0 Å². The van der Waals surface area contributed by atoms with Crippen LogP contribution in [0.1, 0.15) is 18.4 Å². The van der Waals surface area contributed by atoms with Crippen molar-refractivity contribution in [3.05, 3.63) is 35.9 Å². The minimum Gasteiger partial charge on any atom is -0.467 e. The van der Waals surface area contributed by atoms with Gasteiger partial charge in [0.15, 0.2) is 0 Å². The summed E-state index contributed by atoms with van der Waals surface area (Å²) in [5.41, 5.74) is 0.989. The fraction of sp³-hybridized carbons (Fsp3) is 0.467. The lowest BCUT2D eigenvalue weighted by atomic mass is 10.1. The second kappa shape index (κ2) is 7.05. The maximum absolute atomic E-state index is 12.1. The zero-order chi connectivity index (χ0) is 14.4. The molecule has 108 valence electrons. The molecule has 0 aromatic heterocycles. The van der Waals surface area contributed by atoms with E-state index in [1.165, 1.54) is 7.11 Å². The van der Waals surface area contributed by atoms with E-state index < -0.39 is 12.0 Å². The predicted molar refractivity (Wildman–Crippen MR) is 75.1 cm³/mol. The molecule has 2 rings (SSSR count). The topological polar surface area (TPSA) is 67.4 Å². The highest BCUT2D eigenvalue weighted by molar-refractivity contribution is 5.87. The van der Waals surface area contributed by atoms with Crippen molar-refractivity contribution in [2.45, 2.75) is 31.3 Å². The van der Waals surface area contributed by atoms with Gasteiger partial charge in [-0.05, 0) is 24.9 Å². The molecule has 0 bridgehead atoms. The molecule has 1 aromatic rings. The van der Waals surface area contributed by atoms with Crippen molar-refractivity contribution in [2.75, 3.05) is 13.7 Å². The van der Waals surface area contributed by atoms with Gasteiger partial charge < -0.3 is 15.4 Å². The minimum absolute atomic E-state index is 0.131. The SMILES string of the molecule is COC(=O)[C@@H](Cc1ccccc1)NC(=O)[C@@H]1CCCN1. The van der Waals surface area contributed by atoms with E-state index in [0.717, 1.165) is 24.9 Å². The van der Waals surface area contributed by atoms with Crippen LogP contribution < -0.4 is 10.6 Å². The zero-order valence-corrected chi connectivity index (χ0v) is 11.6. The summed E-state index contributed by atoms with van der Waals surface area (Å²) in [5.74, 6) is -0.547. The summed E-state index contributed by atoms with van der Waals surface area (Å²) in [7, 11) is 1.33. The van der Waals surface area contributed by atoms with E-state index in [0.29, 0.717) is 6.42 Å². The Morgan fingerprint density at radius 2 is 2.15 bits per heavy atom. The lowest BCUT2D eigenvalue weighted by Gasteiger charge is -2.19. The number of hydrogen-bond donors (Lipinski definition) is 2. The first-order chi connectivity index (χ1) is 9.70. The first-order valence-electron chi connectivity index (χ1n) is 6.86. The maximum Gasteiger partial charge on any atom is 0.328 e. The van der Waals surface area contributed by atoms with Crippen molar-refractivity contribution < 1.29 is 14.3 Å². The Morgan fingerprint density at radius 3 is 2.75 bits per heavy atom. The molecule has 2 atom stereocenters. The second-order valence-electron chi connectivity index (χ2n) is 4.92. The fourth-order valence-electron chi connectivity index (χ4n) is 2.37. The van der Waals surface area contributed by atoms with Crippen LogP contribution in [0.2, 0.25) is 0 Å². The van der Waals surface area contributed by atoms with Gasteiger partial charge in [0.25, 0.3) is 0 Å². The number of amides is 1. The molecular weight excluding hydrogens is 256 g/mol. The van der Waals surface area contributed by atoms with Crippen molar-refractivity contribution in [1.82, 2.24) is 10.6 Å². The van der Waals surface area contributed by atoms with Crippen LogP contribution in [0, 0.1) is 0 Å². The molecule has 1 fully saturated rings. The zero-order valence-electron chi connectivity index (χ0n) is 11.6. The monoisotopic (exact) mass is 276 g/mol. The van der Waals surface area contributed by atoms with Gasteiger partial charge in [0, 0.05) is 6.42 Å². The molecule has 2 N–H and O–H groups in total. The number of nitrogens with one attached hydrogen (secondary N) is 2. The Morgan fingerprint density at radius 1 is 1.40 bits per heavy atom. The molecule has 5 heteroatoms. The molecular formula is C15H20N2O3. The number of hydrogen-bond acceptors (Lipinski definition) is 4. The van der Waals surface area contributed by atoms with Crippen molar-refractivity contribution in [2.24, 2.45) is 0 Å². The minimum atomic E-state index is -0.641. The van der Waals surface area contributed by atoms with E-state index in [1.807, 2.05) is 30.3 Å². The number of esters is 1. The molecule has 1 aliphatic rings. The summed E-state index contributed by atoms with van der Waals surface area (Å²) in [6.07, 6.45) is 2.23. The molecule has 1 amide bonds. The Hall–Kier alpha value is -1.88. The number of benzene rings is 1. The van der Waals surface area contributed by atoms with Gasteiger partial charge in [-0.1, -0.05) is 30.3 Å². The van der Waals surface area contributed by atoms with E-state index in [-0.39, 0.29) is 11.9 Å². The largest absolute Gasteiger partial charge is 0.467 e. The van der Waals surface area contributed by atoms with Gasteiger partial charge in [0.05, 0.1) is 13.2 Å². The van der Waals surface area contributed by atoms with Crippen LogP contribution in [0.3, 0.4) is 0 Å². The van der Waals surface area contributed by atoms with Gasteiger partial charge in [-0.3, -0.25) is 4.79 Å². The van der Waals surface area contributed by atoms with Crippen molar-refractivity contribution in [3.8, 4) is 0 Å². The highest BCUT2D eigenvalue weighted by Crippen LogP contribution is 2.08. The summed E-state index contributed by atoms with van der Waals surface area (Å²) in [6, 6.07) is 8.74. The van der Waals surface area contributed by atoms with E-state index in [9.17, 15) is 9.59 Å². The van der Waals surface area contributed by atoms with Crippen LogP contribution in [-0.2, 0) is 20.7 Å². The standard InChI is InChI=1S/C15H20N2O3/c1-20-15(19)13(10-11-6-3-2-4-7-11)17-14(18)12-8-5-9-16-12/h2-4,6-7,12-13,16H,5,8-10H2,1H3,(H,17,18)/t12-,13+/m0/s1. The van der Waals surface area contributed by atoms with Gasteiger partial charge in [0.2, 0.25) is 5.91 Å².